The molecule has 6 nitrogen and oxygen atoms in total. The van der Waals surface area contributed by atoms with E-state index in [0.717, 1.165) is 9.80 Å². The third-order valence-corrected chi connectivity index (χ3v) is 6.52. The van der Waals surface area contributed by atoms with Gasteiger partial charge in [-0.05, 0) is 76.6 Å². The Kier molecular flexibility index (Phi) is 6.24. The minimum absolute atomic E-state index is 0.237. The van der Waals surface area contributed by atoms with E-state index in [2.05, 4.69) is 21.2 Å². The van der Waals surface area contributed by atoms with Crippen LogP contribution in [-0.2, 0) is 9.59 Å². The lowest BCUT2D eigenvalue weighted by atomic mass is 10.1. The number of nitrogens with zero attached hydrogens (tertiary/aromatic N) is 1. The molecule has 0 aliphatic carbocycles. The number of benzene rings is 2. The van der Waals surface area contributed by atoms with Crippen molar-refractivity contribution < 1.29 is 18.8 Å². The number of carbonyl (C=O) groups excluding carboxylic acids is 3. The molecule has 1 N–H and O–H groups in total. The monoisotopic (exact) mass is 536 g/mol. The lowest BCUT2D eigenvalue weighted by Crippen LogP contribution is -2.54. The summed E-state index contributed by atoms with van der Waals surface area (Å²) in [4.78, 5) is 39.3. The summed E-state index contributed by atoms with van der Waals surface area (Å²) in [6.07, 6.45) is 1.30. The number of nitrogens with one attached hydrogen (secondary N) is 1. The summed E-state index contributed by atoms with van der Waals surface area (Å²) in [5.74, 6) is -1.30. The Balaban J connectivity index is 1.63. The molecule has 0 saturated carbocycles. The molecule has 0 atom stereocenters. The maximum atomic E-state index is 12.9. The van der Waals surface area contributed by atoms with E-state index in [1.807, 2.05) is 12.1 Å². The first-order valence-electron chi connectivity index (χ1n) is 8.71. The SMILES string of the molecule is O=C1NC(=O)N(c2ccc(Cl)cc2)C(=O)/C1=C/c1cc(Br)c(Sc2ccc(Cl)cc2)o1. The van der Waals surface area contributed by atoms with Crippen LogP contribution in [0.3, 0.4) is 0 Å². The quantitative estimate of drug-likeness (QED) is 0.318. The van der Waals surface area contributed by atoms with Crippen molar-refractivity contribution in [1.82, 2.24) is 5.32 Å². The molecule has 1 saturated heterocycles. The fourth-order valence-corrected chi connectivity index (χ4v) is 4.33. The summed E-state index contributed by atoms with van der Waals surface area (Å²) >= 11 is 16.5. The minimum Gasteiger partial charge on any atom is -0.449 e. The number of hydrogen-bond donors (Lipinski definition) is 1. The van der Waals surface area contributed by atoms with Crippen molar-refractivity contribution in [3.63, 3.8) is 0 Å². The highest BCUT2D eigenvalue weighted by atomic mass is 79.9. The van der Waals surface area contributed by atoms with Crippen LogP contribution >= 0.6 is 50.9 Å². The molecule has 1 aliphatic heterocycles. The van der Waals surface area contributed by atoms with Gasteiger partial charge in [0.05, 0.1) is 10.2 Å². The molecule has 1 aromatic heterocycles. The maximum absolute atomic E-state index is 12.9. The molecule has 10 heteroatoms. The second-order valence-electron chi connectivity index (χ2n) is 6.27. The van der Waals surface area contributed by atoms with Gasteiger partial charge in [0.1, 0.15) is 11.3 Å². The van der Waals surface area contributed by atoms with E-state index in [4.69, 9.17) is 27.6 Å². The fourth-order valence-electron chi connectivity index (χ4n) is 2.74. The topological polar surface area (TPSA) is 79.6 Å². The zero-order chi connectivity index (χ0) is 22.1. The first-order chi connectivity index (χ1) is 14.8. The van der Waals surface area contributed by atoms with E-state index < -0.39 is 17.8 Å². The van der Waals surface area contributed by atoms with Crippen LogP contribution in [0.4, 0.5) is 10.5 Å². The van der Waals surface area contributed by atoms with E-state index >= 15 is 0 Å². The van der Waals surface area contributed by atoms with Crippen LogP contribution in [0.25, 0.3) is 6.08 Å². The Hall–Kier alpha value is -2.52. The van der Waals surface area contributed by atoms with Gasteiger partial charge in [0.25, 0.3) is 11.8 Å². The number of amides is 4. The number of halogens is 3. The molecule has 0 bridgehead atoms. The van der Waals surface area contributed by atoms with Crippen molar-refractivity contribution in [1.29, 1.82) is 0 Å². The number of carbonyl (C=O) groups is 3. The van der Waals surface area contributed by atoms with Gasteiger partial charge < -0.3 is 4.42 Å². The summed E-state index contributed by atoms with van der Waals surface area (Å²) in [5, 5.41) is 3.77. The molecule has 0 unspecified atom stereocenters. The van der Waals surface area contributed by atoms with Crippen molar-refractivity contribution in [3.05, 3.63) is 80.4 Å². The van der Waals surface area contributed by atoms with Crippen LogP contribution in [0.5, 0.6) is 0 Å². The summed E-state index contributed by atoms with van der Waals surface area (Å²) in [7, 11) is 0. The fraction of sp³-hybridized carbons (Fsp3) is 0. The third kappa shape index (κ3) is 4.72. The van der Waals surface area contributed by atoms with Crippen molar-refractivity contribution >= 4 is 80.5 Å². The number of barbiturate groups is 1. The van der Waals surface area contributed by atoms with Crippen molar-refractivity contribution in [2.24, 2.45) is 0 Å². The summed E-state index contributed by atoms with van der Waals surface area (Å²) in [6.45, 7) is 0. The van der Waals surface area contributed by atoms with E-state index in [0.29, 0.717) is 19.6 Å². The van der Waals surface area contributed by atoms with E-state index in [9.17, 15) is 14.4 Å². The maximum Gasteiger partial charge on any atom is 0.335 e. The van der Waals surface area contributed by atoms with Gasteiger partial charge in [0, 0.05) is 14.9 Å². The van der Waals surface area contributed by atoms with Crippen LogP contribution in [-0.4, -0.2) is 17.8 Å². The Bertz CT molecular complexity index is 1220. The number of urea groups is 1. The Morgan fingerprint density at radius 2 is 1.58 bits per heavy atom. The molecule has 1 aliphatic rings. The number of hydrogen-bond acceptors (Lipinski definition) is 5. The Labute approximate surface area is 199 Å². The molecule has 1 fully saturated rings. The highest BCUT2D eigenvalue weighted by Crippen LogP contribution is 2.37. The van der Waals surface area contributed by atoms with Gasteiger partial charge in [-0.2, -0.15) is 0 Å². The molecular formula is C21H11BrCl2N2O4S. The molecule has 2 aromatic carbocycles. The van der Waals surface area contributed by atoms with Crippen LogP contribution in [0.1, 0.15) is 5.76 Å². The van der Waals surface area contributed by atoms with Crippen LogP contribution in [0.15, 0.2) is 79.0 Å². The lowest BCUT2D eigenvalue weighted by Gasteiger charge is -2.26. The Morgan fingerprint density at radius 1 is 0.968 bits per heavy atom. The third-order valence-electron chi connectivity index (χ3n) is 4.17. The average Bonchev–Trinajstić information content (AvgIpc) is 3.07. The molecule has 31 heavy (non-hydrogen) atoms. The lowest BCUT2D eigenvalue weighted by molar-refractivity contribution is -0.122. The normalized spacial score (nSPS) is 15.5. The molecule has 4 amide bonds. The van der Waals surface area contributed by atoms with Crippen molar-refractivity contribution in [2.75, 3.05) is 4.90 Å². The first kappa shape index (κ1) is 21.7. The molecule has 156 valence electrons. The molecule has 4 rings (SSSR count). The summed E-state index contributed by atoms with van der Waals surface area (Å²) < 4.78 is 6.43. The Morgan fingerprint density at radius 3 is 2.23 bits per heavy atom. The highest BCUT2D eigenvalue weighted by Gasteiger charge is 2.37. The van der Waals surface area contributed by atoms with Gasteiger partial charge in [-0.1, -0.05) is 35.0 Å². The summed E-state index contributed by atoms with van der Waals surface area (Å²) in [5.41, 5.74) is 0.0451. The van der Waals surface area contributed by atoms with Crippen LogP contribution < -0.4 is 10.2 Å². The molecular weight excluding hydrogens is 527 g/mol. The first-order valence-corrected chi connectivity index (χ1v) is 11.1. The molecule has 0 spiro atoms. The molecule has 0 radical (unpaired) electrons. The summed E-state index contributed by atoms with van der Waals surface area (Å²) in [6, 6.07) is 14.1. The molecule has 2 heterocycles. The van der Waals surface area contributed by atoms with Crippen molar-refractivity contribution in [2.45, 2.75) is 9.99 Å². The average molecular weight is 538 g/mol. The van der Waals surface area contributed by atoms with Crippen molar-refractivity contribution in [3.8, 4) is 0 Å². The predicted octanol–water partition coefficient (Wildman–Crippen LogP) is 6.17. The van der Waals surface area contributed by atoms with Gasteiger partial charge in [-0.15, -0.1) is 0 Å². The largest absolute Gasteiger partial charge is 0.449 e. The molecule has 3 aromatic rings. The minimum atomic E-state index is -0.839. The second kappa shape index (κ2) is 8.92. The van der Waals surface area contributed by atoms with Gasteiger partial charge in [0.15, 0.2) is 5.09 Å². The zero-order valence-corrected chi connectivity index (χ0v) is 19.3. The van der Waals surface area contributed by atoms with Crippen LogP contribution in [0, 0.1) is 0 Å². The van der Waals surface area contributed by atoms with Gasteiger partial charge >= 0.3 is 6.03 Å². The smallest absolute Gasteiger partial charge is 0.335 e. The predicted molar refractivity (Wildman–Crippen MR) is 122 cm³/mol. The van der Waals surface area contributed by atoms with Crippen LogP contribution in [0.2, 0.25) is 10.0 Å². The highest BCUT2D eigenvalue weighted by molar-refractivity contribution is 9.10. The second-order valence-corrected chi connectivity index (χ2v) is 9.05. The van der Waals surface area contributed by atoms with Gasteiger partial charge in [0.2, 0.25) is 0 Å². The van der Waals surface area contributed by atoms with E-state index in [-0.39, 0.29) is 17.0 Å². The van der Waals surface area contributed by atoms with E-state index in [1.165, 1.54) is 30.0 Å². The standard InChI is InChI=1S/C21H11BrCl2N2O4S/c22-17-10-14(30-20(17)31-15-7-3-12(24)4-8-15)9-16-18(27)25-21(29)26(19(16)28)13-5-1-11(23)2-6-13/h1-10H,(H,25,27,29)/b16-9+. The van der Waals surface area contributed by atoms with Gasteiger partial charge in [-0.3, -0.25) is 14.9 Å². The number of anilines is 1. The number of furan rings is 1. The zero-order valence-electron chi connectivity index (χ0n) is 15.4. The number of rotatable bonds is 4. The number of imide groups is 2. The van der Waals surface area contributed by atoms with E-state index in [1.54, 1.807) is 30.3 Å². The van der Waals surface area contributed by atoms with Gasteiger partial charge in [-0.25, -0.2) is 9.69 Å².